The van der Waals surface area contributed by atoms with E-state index in [1.165, 1.54) is 16.0 Å². The molecule has 28 heavy (non-hydrogen) atoms. The maximum Gasteiger partial charge on any atom is 0.244 e. The molecule has 1 aliphatic rings. The summed E-state index contributed by atoms with van der Waals surface area (Å²) in [6.45, 7) is 3.36. The summed E-state index contributed by atoms with van der Waals surface area (Å²) in [5.74, 6) is -0.443. The van der Waals surface area contributed by atoms with Gasteiger partial charge in [-0.15, -0.1) is 0 Å². The number of hydrogen-bond donors (Lipinski definition) is 1. The highest BCUT2D eigenvalue weighted by Gasteiger charge is 2.28. The van der Waals surface area contributed by atoms with Gasteiger partial charge in [0.25, 0.3) is 0 Å². The number of nitrogens with zero attached hydrogens (tertiary/aromatic N) is 2. The SMILES string of the molecule is CC(C(=O)N(C)CC(=O)Nc1c(Cl)cccc1Cl)N1CCc2ccccc2C1. The second-order valence-corrected chi connectivity index (χ2v) is 7.82. The van der Waals surface area contributed by atoms with E-state index in [1.807, 2.05) is 19.1 Å². The van der Waals surface area contributed by atoms with Gasteiger partial charge in [-0.1, -0.05) is 53.5 Å². The first-order valence-corrected chi connectivity index (χ1v) is 9.92. The Hall–Kier alpha value is -2.08. The van der Waals surface area contributed by atoms with Crippen LogP contribution in [0.5, 0.6) is 0 Å². The van der Waals surface area contributed by atoms with E-state index < -0.39 is 0 Å². The number of fused-ring (bicyclic) bond motifs is 1. The number of carbonyl (C=O) groups excluding carboxylic acids is 2. The lowest BCUT2D eigenvalue weighted by atomic mass is 9.98. The molecule has 1 unspecified atom stereocenters. The number of rotatable bonds is 5. The molecule has 1 atom stereocenters. The average molecular weight is 420 g/mol. The van der Waals surface area contributed by atoms with E-state index in [2.05, 4.69) is 22.3 Å². The van der Waals surface area contributed by atoms with Gasteiger partial charge in [0.15, 0.2) is 0 Å². The Morgan fingerprint density at radius 1 is 1.11 bits per heavy atom. The summed E-state index contributed by atoms with van der Waals surface area (Å²) < 4.78 is 0. The Labute approximate surface area is 175 Å². The molecule has 0 bridgehead atoms. The zero-order chi connectivity index (χ0) is 20.3. The largest absolute Gasteiger partial charge is 0.335 e. The van der Waals surface area contributed by atoms with Gasteiger partial charge < -0.3 is 10.2 Å². The van der Waals surface area contributed by atoms with Crippen LogP contribution in [0.1, 0.15) is 18.1 Å². The Morgan fingerprint density at radius 2 is 1.75 bits per heavy atom. The Bertz CT molecular complexity index is 867. The number of nitrogens with one attached hydrogen (secondary N) is 1. The van der Waals surface area contributed by atoms with E-state index in [-0.39, 0.29) is 24.4 Å². The van der Waals surface area contributed by atoms with E-state index in [0.717, 1.165) is 19.5 Å². The van der Waals surface area contributed by atoms with Gasteiger partial charge in [-0.2, -0.15) is 0 Å². The molecule has 0 aliphatic carbocycles. The average Bonchev–Trinajstić information content (AvgIpc) is 2.69. The molecule has 0 saturated heterocycles. The van der Waals surface area contributed by atoms with E-state index >= 15 is 0 Å². The second-order valence-electron chi connectivity index (χ2n) is 7.00. The normalized spacial score (nSPS) is 14.9. The summed E-state index contributed by atoms with van der Waals surface area (Å²) in [6.07, 6.45) is 0.920. The van der Waals surface area contributed by atoms with E-state index in [4.69, 9.17) is 23.2 Å². The lowest BCUT2D eigenvalue weighted by Gasteiger charge is -2.34. The summed E-state index contributed by atoms with van der Waals surface area (Å²) in [7, 11) is 1.63. The third-order valence-corrected chi connectivity index (χ3v) is 5.68. The third-order valence-electron chi connectivity index (χ3n) is 5.05. The van der Waals surface area contributed by atoms with Crippen molar-refractivity contribution in [3.05, 3.63) is 63.6 Å². The number of para-hydroxylation sites is 1. The monoisotopic (exact) mass is 419 g/mol. The van der Waals surface area contributed by atoms with Crippen LogP contribution in [0.3, 0.4) is 0 Å². The fourth-order valence-corrected chi connectivity index (χ4v) is 3.90. The number of benzene rings is 2. The molecule has 0 spiro atoms. The lowest BCUT2D eigenvalue weighted by Crippen LogP contribution is -2.49. The number of hydrogen-bond acceptors (Lipinski definition) is 3. The maximum atomic E-state index is 12.8. The minimum absolute atomic E-state index is 0.0743. The third kappa shape index (κ3) is 4.66. The van der Waals surface area contributed by atoms with Crippen molar-refractivity contribution in [1.82, 2.24) is 9.80 Å². The van der Waals surface area contributed by atoms with Gasteiger partial charge in [0.1, 0.15) is 0 Å². The molecule has 1 heterocycles. The van der Waals surface area contributed by atoms with Crippen LogP contribution in [0.2, 0.25) is 10.0 Å². The maximum absolute atomic E-state index is 12.8. The first-order valence-electron chi connectivity index (χ1n) is 9.16. The van der Waals surface area contributed by atoms with Crippen molar-refractivity contribution >= 4 is 40.7 Å². The molecule has 148 valence electrons. The van der Waals surface area contributed by atoms with Crippen LogP contribution in [0.4, 0.5) is 5.69 Å². The van der Waals surface area contributed by atoms with Crippen LogP contribution in [0, 0.1) is 0 Å². The summed E-state index contributed by atoms with van der Waals surface area (Å²) in [6, 6.07) is 13.0. The highest BCUT2D eigenvalue weighted by Crippen LogP contribution is 2.29. The smallest absolute Gasteiger partial charge is 0.244 e. The van der Waals surface area contributed by atoms with Gasteiger partial charge in [0.2, 0.25) is 11.8 Å². The van der Waals surface area contributed by atoms with E-state index in [9.17, 15) is 9.59 Å². The van der Waals surface area contributed by atoms with Gasteiger partial charge in [0, 0.05) is 20.1 Å². The van der Waals surface area contributed by atoms with Crippen LogP contribution in [-0.4, -0.2) is 47.8 Å². The topological polar surface area (TPSA) is 52.7 Å². The van der Waals surface area contributed by atoms with Gasteiger partial charge in [-0.25, -0.2) is 0 Å². The van der Waals surface area contributed by atoms with E-state index in [0.29, 0.717) is 15.7 Å². The molecular formula is C21H23Cl2N3O2. The number of halogens is 2. The highest BCUT2D eigenvalue weighted by molar-refractivity contribution is 6.39. The van der Waals surface area contributed by atoms with Gasteiger partial charge in [-0.05, 0) is 36.6 Å². The van der Waals surface area contributed by atoms with Crippen LogP contribution >= 0.6 is 23.2 Å². The second kappa shape index (κ2) is 8.95. The van der Waals surface area contributed by atoms with Crippen LogP contribution in [0.25, 0.3) is 0 Å². The minimum Gasteiger partial charge on any atom is -0.335 e. The van der Waals surface area contributed by atoms with Crippen molar-refractivity contribution in [2.45, 2.75) is 25.9 Å². The Morgan fingerprint density at radius 3 is 2.43 bits per heavy atom. The molecule has 7 heteroatoms. The first-order chi connectivity index (χ1) is 13.4. The Balaban J connectivity index is 1.59. The number of amides is 2. The lowest BCUT2D eigenvalue weighted by molar-refractivity contribution is -0.138. The van der Waals surface area contributed by atoms with Gasteiger partial charge in [-0.3, -0.25) is 14.5 Å². The zero-order valence-corrected chi connectivity index (χ0v) is 17.4. The summed E-state index contributed by atoms with van der Waals surface area (Å²) in [5.41, 5.74) is 2.95. The van der Waals surface area contributed by atoms with Crippen molar-refractivity contribution in [2.75, 3.05) is 25.5 Å². The molecule has 5 nitrogen and oxygen atoms in total. The summed E-state index contributed by atoms with van der Waals surface area (Å²) in [4.78, 5) is 28.8. The molecule has 2 aromatic carbocycles. The number of anilines is 1. The van der Waals surface area contributed by atoms with Crippen molar-refractivity contribution in [1.29, 1.82) is 0 Å². The summed E-state index contributed by atoms with van der Waals surface area (Å²) in [5, 5.41) is 3.40. The molecular weight excluding hydrogens is 397 g/mol. The molecule has 0 aromatic heterocycles. The molecule has 0 saturated carbocycles. The summed E-state index contributed by atoms with van der Waals surface area (Å²) >= 11 is 12.2. The first kappa shape index (κ1) is 20.6. The van der Waals surface area contributed by atoms with Gasteiger partial charge in [0.05, 0.1) is 28.3 Å². The van der Waals surface area contributed by atoms with Crippen molar-refractivity contribution in [3.8, 4) is 0 Å². The molecule has 0 fully saturated rings. The zero-order valence-electron chi connectivity index (χ0n) is 15.9. The molecule has 2 amide bonds. The van der Waals surface area contributed by atoms with Crippen LogP contribution in [-0.2, 0) is 22.6 Å². The van der Waals surface area contributed by atoms with E-state index in [1.54, 1.807) is 25.2 Å². The van der Waals surface area contributed by atoms with Crippen molar-refractivity contribution in [2.24, 2.45) is 0 Å². The fourth-order valence-electron chi connectivity index (χ4n) is 3.41. The molecule has 1 aliphatic heterocycles. The van der Waals surface area contributed by atoms with Crippen LogP contribution in [0.15, 0.2) is 42.5 Å². The number of carbonyl (C=O) groups is 2. The number of likely N-dealkylation sites (N-methyl/N-ethyl adjacent to an activating group) is 1. The molecule has 1 N–H and O–H groups in total. The fraction of sp³-hybridized carbons (Fsp3) is 0.333. The minimum atomic E-state index is -0.345. The standard InChI is InChI=1S/C21H23Cl2N3O2/c1-14(26-11-10-15-6-3-4-7-16(15)12-26)21(28)25(2)13-19(27)24-20-17(22)8-5-9-18(20)23/h3-9,14H,10-13H2,1-2H3,(H,24,27). The van der Waals surface area contributed by atoms with Crippen molar-refractivity contribution in [3.63, 3.8) is 0 Å². The van der Waals surface area contributed by atoms with Gasteiger partial charge >= 0.3 is 0 Å². The highest BCUT2D eigenvalue weighted by atomic mass is 35.5. The predicted molar refractivity (Wildman–Crippen MR) is 113 cm³/mol. The quantitative estimate of drug-likeness (QED) is 0.800. The predicted octanol–water partition coefficient (Wildman–Crippen LogP) is 3.84. The Kier molecular flexibility index (Phi) is 6.60. The molecule has 2 aromatic rings. The van der Waals surface area contributed by atoms with Crippen LogP contribution < -0.4 is 5.32 Å². The van der Waals surface area contributed by atoms with Crippen molar-refractivity contribution < 1.29 is 9.59 Å². The molecule has 0 radical (unpaired) electrons. The molecule has 3 rings (SSSR count).